The molecule has 0 aliphatic rings. The summed E-state index contributed by atoms with van der Waals surface area (Å²) in [7, 11) is -1.64. The van der Waals surface area contributed by atoms with Gasteiger partial charge in [-0.3, -0.25) is 0 Å². The normalized spacial score (nSPS) is 13.5. The van der Waals surface area contributed by atoms with Crippen LogP contribution >= 0.6 is 0 Å². The van der Waals surface area contributed by atoms with Crippen LogP contribution in [0.2, 0.25) is 0 Å². The molecular weight excluding hydrogens is 255 g/mol. The molecule has 1 rings (SSSR count). The van der Waals surface area contributed by atoms with Crippen LogP contribution in [-0.4, -0.2) is 33.8 Å². The third-order valence-electron chi connectivity index (χ3n) is 2.68. The minimum absolute atomic E-state index is 0.206. The molecular formula is C12H19FN2O2S. The van der Waals surface area contributed by atoms with E-state index in [1.54, 1.807) is 32.2 Å². The lowest BCUT2D eigenvalue weighted by molar-refractivity contribution is 0.561. The van der Waals surface area contributed by atoms with Crippen LogP contribution in [0.15, 0.2) is 24.3 Å². The van der Waals surface area contributed by atoms with Crippen molar-refractivity contribution in [1.29, 1.82) is 0 Å². The maximum atomic E-state index is 13.3. The van der Waals surface area contributed by atoms with Crippen LogP contribution in [-0.2, 0) is 16.4 Å². The quantitative estimate of drug-likeness (QED) is 0.776. The fourth-order valence-electron chi connectivity index (χ4n) is 1.57. The summed E-state index contributed by atoms with van der Waals surface area (Å²) in [6.07, 6.45) is 0.345. The van der Waals surface area contributed by atoms with Gasteiger partial charge in [-0.25, -0.2) is 17.5 Å². The Hall–Kier alpha value is -0.980. The Morgan fingerprint density at radius 3 is 2.61 bits per heavy atom. The van der Waals surface area contributed by atoms with Gasteiger partial charge in [-0.15, -0.1) is 0 Å². The summed E-state index contributed by atoms with van der Waals surface area (Å²) in [4.78, 5) is 0. The topological polar surface area (TPSA) is 58.2 Å². The summed E-state index contributed by atoms with van der Waals surface area (Å²) < 4.78 is 39.3. The van der Waals surface area contributed by atoms with Crippen LogP contribution in [0, 0.1) is 5.82 Å². The van der Waals surface area contributed by atoms with E-state index in [1.807, 2.05) is 0 Å². The largest absolute Gasteiger partial charge is 0.318 e. The highest BCUT2D eigenvalue weighted by atomic mass is 32.2. The predicted octanol–water partition coefficient (Wildman–Crippen LogP) is 0.896. The maximum Gasteiger partial charge on any atom is 0.215 e. The summed E-state index contributed by atoms with van der Waals surface area (Å²) in [5.41, 5.74) is 0.515. The highest BCUT2D eigenvalue weighted by Crippen LogP contribution is 2.06. The van der Waals surface area contributed by atoms with Crippen LogP contribution in [0.4, 0.5) is 4.39 Å². The first-order valence-corrected chi connectivity index (χ1v) is 7.38. The lowest BCUT2D eigenvalue weighted by Crippen LogP contribution is -2.38. The Balaban J connectivity index is 2.49. The van der Waals surface area contributed by atoms with Gasteiger partial charge < -0.3 is 5.32 Å². The molecule has 1 atom stereocenters. The molecule has 0 aliphatic heterocycles. The number of hydrogen-bond donors (Lipinski definition) is 2. The fraction of sp³-hybridized carbons (Fsp3) is 0.500. The Kier molecular flexibility index (Phi) is 5.71. The molecule has 0 aromatic heterocycles. The van der Waals surface area contributed by atoms with E-state index in [1.165, 1.54) is 6.07 Å². The van der Waals surface area contributed by atoms with Crippen molar-refractivity contribution in [2.45, 2.75) is 18.6 Å². The Bertz CT molecular complexity index is 477. The van der Waals surface area contributed by atoms with Crippen LogP contribution in [0.1, 0.15) is 12.5 Å². The number of rotatable bonds is 7. The van der Waals surface area contributed by atoms with Crippen molar-refractivity contribution < 1.29 is 12.8 Å². The van der Waals surface area contributed by atoms with Gasteiger partial charge in [0, 0.05) is 13.1 Å². The number of hydrogen-bond acceptors (Lipinski definition) is 3. The third kappa shape index (κ3) is 4.36. The van der Waals surface area contributed by atoms with Gasteiger partial charge in [-0.05, 0) is 32.0 Å². The van der Waals surface area contributed by atoms with E-state index in [0.29, 0.717) is 18.5 Å². The van der Waals surface area contributed by atoms with Crippen molar-refractivity contribution in [2.75, 3.05) is 20.1 Å². The Labute approximate surface area is 108 Å². The molecule has 102 valence electrons. The molecule has 0 radical (unpaired) electrons. The van der Waals surface area contributed by atoms with Crippen molar-refractivity contribution in [3.8, 4) is 0 Å². The van der Waals surface area contributed by atoms with E-state index < -0.39 is 15.3 Å². The van der Waals surface area contributed by atoms with Crippen LogP contribution < -0.4 is 10.0 Å². The minimum Gasteiger partial charge on any atom is -0.318 e. The van der Waals surface area contributed by atoms with Gasteiger partial charge >= 0.3 is 0 Å². The third-order valence-corrected chi connectivity index (χ3v) is 4.51. The molecule has 1 aromatic carbocycles. The molecule has 0 aliphatic carbocycles. The summed E-state index contributed by atoms with van der Waals surface area (Å²) in [6, 6.07) is 6.36. The highest BCUT2D eigenvalue weighted by molar-refractivity contribution is 7.90. The molecule has 18 heavy (non-hydrogen) atoms. The van der Waals surface area contributed by atoms with Gasteiger partial charge in [0.05, 0.1) is 5.25 Å². The Morgan fingerprint density at radius 1 is 1.33 bits per heavy atom. The first-order valence-electron chi connectivity index (χ1n) is 5.84. The zero-order valence-electron chi connectivity index (χ0n) is 10.6. The summed E-state index contributed by atoms with van der Waals surface area (Å²) in [6.45, 7) is 2.22. The van der Waals surface area contributed by atoms with Gasteiger partial charge in [0.1, 0.15) is 5.82 Å². The molecule has 6 heteroatoms. The van der Waals surface area contributed by atoms with Crippen LogP contribution in [0.5, 0.6) is 0 Å². The predicted molar refractivity (Wildman–Crippen MR) is 70.4 cm³/mol. The second-order valence-corrected chi connectivity index (χ2v) is 6.33. The zero-order chi connectivity index (χ0) is 13.6. The average molecular weight is 274 g/mol. The molecule has 1 unspecified atom stereocenters. The smallest absolute Gasteiger partial charge is 0.215 e. The average Bonchev–Trinajstić information content (AvgIpc) is 2.32. The van der Waals surface area contributed by atoms with Gasteiger partial charge in [0.2, 0.25) is 10.0 Å². The van der Waals surface area contributed by atoms with E-state index in [4.69, 9.17) is 0 Å². The van der Waals surface area contributed by atoms with Gasteiger partial charge in [-0.1, -0.05) is 18.2 Å². The van der Waals surface area contributed by atoms with Gasteiger partial charge in [0.15, 0.2) is 0 Å². The van der Waals surface area contributed by atoms with Crippen LogP contribution in [0.25, 0.3) is 0 Å². The molecule has 0 fully saturated rings. The molecule has 0 saturated carbocycles. The SMILES string of the molecule is CNCC(C)S(=O)(=O)NCCc1ccccc1F. The second-order valence-electron chi connectivity index (χ2n) is 4.15. The highest BCUT2D eigenvalue weighted by Gasteiger charge is 2.18. The van der Waals surface area contributed by atoms with E-state index in [-0.39, 0.29) is 12.4 Å². The number of halogens is 1. The van der Waals surface area contributed by atoms with Crippen molar-refractivity contribution in [3.05, 3.63) is 35.6 Å². The lowest BCUT2D eigenvalue weighted by atomic mass is 10.1. The van der Waals surface area contributed by atoms with Crippen molar-refractivity contribution in [2.24, 2.45) is 0 Å². The fourth-order valence-corrected chi connectivity index (χ4v) is 2.63. The molecule has 0 saturated heterocycles. The summed E-state index contributed by atoms with van der Waals surface area (Å²) in [5.74, 6) is -0.306. The van der Waals surface area contributed by atoms with E-state index in [0.717, 1.165) is 0 Å². The van der Waals surface area contributed by atoms with Gasteiger partial charge in [0.25, 0.3) is 0 Å². The summed E-state index contributed by atoms with van der Waals surface area (Å²) >= 11 is 0. The van der Waals surface area contributed by atoms with E-state index in [2.05, 4.69) is 10.0 Å². The maximum absolute atomic E-state index is 13.3. The van der Waals surface area contributed by atoms with Crippen molar-refractivity contribution >= 4 is 10.0 Å². The molecule has 0 spiro atoms. The van der Waals surface area contributed by atoms with Crippen molar-refractivity contribution in [3.63, 3.8) is 0 Å². The van der Waals surface area contributed by atoms with Crippen LogP contribution in [0.3, 0.4) is 0 Å². The molecule has 0 bridgehead atoms. The van der Waals surface area contributed by atoms with Gasteiger partial charge in [-0.2, -0.15) is 0 Å². The molecule has 1 aromatic rings. The first kappa shape index (κ1) is 15.1. The first-order chi connectivity index (χ1) is 8.47. The monoisotopic (exact) mass is 274 g/mol. The minimum atomic E-state index is -3.34. The zero-order valence-corrected chi connectivity index (χ0v) is 11.4. The number of sulfonamides is 1. The van der Waals surface area contributed by atoms with E-state index in [9.17, 15) is 12.8 Å². The molecule has 0 amide bonds. The lowest BCUT2D eigenvalue weighted by Gasteiger charge is -2.13. The molecule has 4 nitrogen and oxygen atoms in total. The molecule has 2 N–H and O–H groups in total. The molecule has 0 heterocycles. The Morgan fingerprint density at radius 2 is 2.00 bits per heavy atom. The standard InChI is InChI=1S/C12H19FN2O2S/c1-10(9-14-2)18(16,17)15-8-7-11-5-3-4-6-12(11)13/h3-6,10,14-15H,7-9H2,1-2H3. The van der Waals surface area contributed by atoms with E-state index >= 15 is 0 Å². The second kappa shape index (κ2) is 6.82. The summed E-state index contributed by atoms with van der Waals surface area (Å²) in [5, 5.41) is 2.30. The number of benzene rings is 1. The van der Waals surface area contributed by atoms with Crippen molar-refractivity contribution in [1.82, 2.24) is 10.0 Å². The number of nitrogens with one attached hydrogen (secondary N) is 2.